The van der Waals surface area contributed by atoms with E-state index in [0.29, 0.717) is 39.9 Å². The third-order valence-corrected chi connectivity index (χ3v) is 5.63. The summed E-state index contributed by atoms with van der Waals surface area (Å²) in [7, 11) is 0. The van der Waals surface area contributed by atoms with Gasteiger partial charge in [0.25, 0.3) is 5.91 Å². The first kappa shape index (κ1) is 23.1. The van der Waals surface area contributed by atoms with Gasteiger partial charge in [-0.05, 0) is 49.2 Å². The normalized spacial score (nSPS) is 10.9. The summed E-state index contributed by atoms with van der Waals surface area (Å²) in [5, 5.41) is 22.8. The molecule has 0 atom stereocenters. The highest BCUT2D eigenvalue weighted by Gasteiger charge is 2.22. The van der Waals surface area contributed by atoms with Crippen LogP contribution in [0.15, 0.2) is 54.7 Å². The van der Waals surface area contributed by atoms with Crippen molar-refractivity contribution in [1.82, 2.24) is 19.6 Å². The van der Waals surface area contributed by atoms with Crippen molar-refractivity contribution in [2.45, 2.75) is 26.9 Å². The number of rotatable bonds is 7. The maximum Gasteiger partial charge on any atom is 0.312 e. The van der Waals surface area contributed by atoms with Crippen molar-refractivity contribution in [2.75, 3.05) is 5.32 Å². The summed E-state index contributed by atoms with van der Waals surface area (Å²) in [6.45, 7) is 3.84. The molecule has 0 spiro atoms. The number of aryl methyl sites for hydroxylation is 1. The number of halogens is 2. The number of nitro groups is 1. The van der Waals surface area contributed by atoms with Gasteiger partial charge in [-0.1, -0.05) is 29.8 Å². The summed E-state index contributed by atoms with van der Waals surface area (Å²) in [5.74, 6) is -0.422. The zero-order valence-corrected chi connectivity index (χ0v) is 19.1. The lowest BCUT2D eigenvalue weighted by atomic mass is 10.1. The quantitative estimate of drug-likeness (QED) is 0.302. The maximum atomic E-state index is 13.2. The van der Waals surface area contributed by atoms with Crippen LogP contribution >= 0.6 is 11.6 Å². The van der Waals surface area contributed by atoms with Gasteiger partial charge in [-0.15, -0.1) is 0 Å². The number of aromatic nitrogens is 4. The zero-order chi connectivity index (χ0) is 24.4. The number of hydrogen-bond donors (Lipinski definition) is 1. The number of carbonyl (C=O) groups is 1. The van der Waals surface area contributed by atoms with Crippen molar-refractivity contribution in [3.63, 3.8) is 0 Å². The molecule has 0 bridgehead atoms. The van der Waals surface area contributed by atoms with E-state index in [-0.39, 0.29) is 18.1 Å². The largest absolute Gasteiger partial charge is 0.312 e. The van der Waals surface area contributed by atoms with Crippen LogP contribution < -0.4 is 5.32 Å². The number of carbonyl (C=O) groups excluding carboxylic acids is 1. The highest BCUT2D eigenvalue weighted by atomic mass is 35.5. The molecule has 174 valence electrons. The van der Waals surface area contributed by atoms with Crippen LogP contribution in [0.5, 0.6) is 0 Å². The Balaban J connectivity index is 1.45. The number of benzene rings is 2. The van der Waals surface area contributed by atoms with Crippen molar-refractivity contribution in [1.29, 1.82) is 0 Å². The Bertz CT molecular complexity index is 1400. The molecule has 2 aromatic carbocycles. The molecule has 4 rings (SSSR count). The minimum Gasteiger partial charge on any atom is -0.305 e. The second-order valence-corrected chi connectivity index (χ2v) is 8.13. The van der Waals surface area contributed by atoms with Gasteiger partial charge in [-0.25, -0.2) is 4.39 Å². The van der Waals surface area contributed by atoms with E-state index in [2.05, 4.69) is 15.5 Å². The number of nitrogens with one attached hydrogen (secondary N) is 1. The van der Waals surface area contributed by atoms with Crippen molar-refractivity contribution in [3.05, 3.63) is 104 Å². The van der Waals surface area contributed by atoms with E-state index in [4.69, 9.17) is 11.6 Å². The molecule has 0 fully saturated rings. The van der Waals surface area contributed by atoms with Crippen LogP contribution in [0.4, 0.5) is 15.9 Å². The van der Waals surface area contributed by atoms with Crippen molar-refractivity contribution in [3.8, 4) is 0 Å². The van der Waals surface area contributed by atoms with Gasteiger partial charge in [0.1, 0.15) is 17.2 Å². The molecule has 9 nitrogen and oxygen atoms in total. The molecule has 0 unspecified atom stereocenters. The van der Waals surface area contributed by atoms with E-state index in [1.807, 2.05) is 6.07 Å². The Morgan fingerprint density at radius 1 is 1.15 bits per heavy atom. The summed E-state index contributed by atoms with van der Waals surface area (Å²) in [6.07, 6.45) is 1.68. The summed E-state index contributed by atoms with van der Waals surface area (Å²) in [5.41, 5.74) is 2.65. The maximum absolute atomic E-state index is 13.2. The van der Waals surface area contributed by atoms with Crippen LogP contribution in [0.3, 0.4) is 0 Å². The minimum atomic E-state index is -0.443. The lowest BCUT2D eigenvalue weighted by Crippen LogP contribution is -2.14. The fourth-order valence-corrected chi connectivity index (χ4v) is 3.85. The summed E-state index contributed by atoms with van der Waals surface area (Å²) >= 11 is 6.07. The van der Waals surface area contributed by atoms with E-state index in [9.17, 15) is 19.3 Å². The fraction of sp³-hybridized carbons (Fsp3) is 0.174. The van der Waals surface area contributed by atoms with E-state index >= 15 is 0 Å². The molecule has 11 heteroatoms. The predicted octanol–water partition coefficient (Wildman–Crippen LogP) is 4.75. The first-order valence-electron chi connectivity index (χ1n) is 10.3. The van der Waals surface area contributed by atoms with Crippen LogP contribution in [-0.4, -0.2) is 30.4 Å². The molecule has 0 radical (unpaired) electrons. The molecule has 0 aliphatic heterocycles. The van der Waals surface area contributed by atoms with Crippen molar-refractivity contribution >= 4 is 29.0 Å². The van der Waals surface area contributed by atoms with Gasteiger partial charge in [0.2, 0.25) is 0 Å². The van der Waals surface area contributed by atoms with E-state index < -0.39 is 10.7 Å². The molecular weight excluding hydrogens is 463 g/mol. The molecule has 0 saturated carbocycles. The second-order valence-electron chi connectivity index (χ2n) is 7.72. The molecule has 1 amide bonds. The Labute approximate surface area is 198 Å². The molecule has 2 aromatic heterocycles. The van der Waals surface area contributed by atoms with Crippen molar-refractivity contribution < 1.29 is 14.1 Å². The van der Waals surface area contributed by atoms with Crippen LogP contribution in [0.25, 0.3) is 0 Å². The first-order valence-corrected chi connectivity index (χ1v) is 10.6. The van der Waals surface area contributed by atoms with Gasteiger partial charge in [-0.2, -0.15) is 10.2 Å². The third-order valence-electron chi connectivity index (χ3n) is 5.28. The number of hydrogen-bond acceptors (Lipinski definition) is 5. The average molecular weight is 483 g/mol. The summed E-state index contributed by atoms with van der Waals surface area (Å²) in [4.78, 5) is 23.5. The van der Waals surface area contributed by atoms with Crippen LogP contribution in [-0.2, 0) is 13.1 Å². The van der Waals surface area contributed by atoms with Crippen molar-refractivity contribution in [2.24, 2.45) is 0 Å². The highest BCUT2D eigenvalue weighted by molar-refractivity contribution is 6.31. The SMILES string of the molecule is Cc1nn(Cc2cccc(C(=O)Nc3ccn(Cc4ccc(F)cc4Cl)n3)c2)c(C)c1[N+](=O)[O-]. The van der Waals surface area contributed by atoms with E-state index in [1.54, 1.807) is 59.7 Å². The fourth-order valence-electron chi connectivity index (χ4n) is 3.62. The first-order chi connectivity index (χ1) is 16.2. The van der Waals surface area contributed by atoms with Crippen LogP contribution in [0.2, 0.25) is 5.02 Å². The molecule has 0 aliphatic carbocycles. The molecule has 1 N–H and O–H groups in total. The monoisotopic (exact) mass is 482 g/mol. The molecular formula is C23H20ClFN6O3. The lowest BCUT2D eigenvalue weighted by Gasteiger charge is -2.07. The standard InChI is InChI=1S/C23H20ClFN6O3/c1-14-22(31(33)34)15(2)30(27-14)12-16-4-3-5-17(10-16)23(32)26-21-8-9-29(28-21)13-18-6-7-19(25)11-20(18)24/h3-11H,12-13H2,1-2H3,(H,26,28,32). The van der Waals surface area contributed by atoms with E-state index in [0.717, 1.165) is 5.56 Å². The lowest BCUT2D eigenvalue weighted by molar-refractivity contribution is -0.386. The van der Waals surface area contributed by atoms with Gasteiger partial charge in [0.05, 0.1) is 18.0 Å². The van der Waals surface area contributed by atoms with E-state index in [1.165, 1.54) is 12.1 Å². The van der Waals surface area contributed by atoms with Gasteiger partial charge in [0.15, 0.2) is 5.82 Å². The second kappa shape index (κ2) is 9.44. The molecule has 34 heavy (non-hydrogen) atoms. The molecule has 4 aromatic rings. The Morgan fingerprint density at radius 3 is 2.65 bits per heavy atom. The predicted molar refractivity (Wildman–Crippen MR) is 125 cm³/mol. The zero-order valence-electron chi connectivity index (χ0n) is 18.3. The number of anilines is 1. The molecule has 0 saturated heterocycles. The minimum absolute atomic E-state index is 0.00795. The van der Waals surface area contributed by atoms with Crippen LogP contribution in [0.1, 0.15) is 32.9 Å². The number of amides is 1. The van der Waals surface area contributed by atoms with Crippen LogP contribution in [0, 0.1) is 29.8 Å². The van der Waals surface area contributed by atoms with Gasteiger partial charge in [-0.3, -0.25) is 24.3 Å². The van der Waals surface area contributed by atoms with Gasteiger partial charge in [0, 0.05) is 22.8 Å². The van der Waals surface area contributed by atoms with Gasteiger partial charge >= 0.3 is 5.69 Å². The topological polar surface area (TPSA) is 108 Å². The Kier molecular flexibility index (Phi) is 6.42. The Morgan fingerprint density at radius 2 is 1.94 bits per heavy atom. The summed E-state index contributed by atoms with van der Waals surface area (Å²) in [6, 6.07) is 12.7. The average Bonchev–Trinajstić information content (AvgIpc) is 3.33. The third kappa shape index (κ3) is 4.96. The molecule has 2 heterocycles. The Hall–Kier alpha value is -4.05. The molecule has 0 aliphatic rings. The smallest absolute Gasteiger partial charge is 0.305 e. The highest BCUT2D eigenvalue weighted by Crippen LogP contribution is 2.23. The van der Waals surface area contributed by atoms with Gasteiger partial charge < -0.3 is 5.32 Å². The summed E-state index contributed by atoms with van der Waals surface area (Å²) < 4.78 is 16.4. The number of nitrogens with zero attached hydrogens (tertiary/aromatic N) is 5.